The fourth-order valence-corrected chi connectivity index (χ4v) is 2.23. The van der Waals surface area contributed by atoms with Gasteiger partial charge in [-0.1, -0.05) is 0 Å². The summed E-state index contributed by atoms with van der Waals surface area (Å²) in [5, 5.41) is 3.44. The smallest absolute Gasteiger partial charge is 0.120 e. The van der Waals surface area contributed by atoms with Crippen LogP contribution in [0.5, 0.6) is 0 Å². The SMILES string of the molecule is C[C@@H](c1ccco1)N(C)[C@H]1CCCNC1. The third kappa shape index (κ3) is 2.41. The highest BCUT2D eigenvalue weighted by Gasteiger charge is 2.23. The molecule has 3 heteroatoms. The molecular formula is C12H20N2O. The molecule has 3 nitrogen and oxygen atoms in total. The summed E-state index contributed by atoms with van der Waals surface area (Å²) >= 11 is 0. The summed E-state index contributed by atoms with van der Waals surface area (Å²) in [4.78, 5) is 2.41. The normalized spacial score (nSPS) is 24.3. The number of likely N-dealkylation sites (N-methyl/N-ethyl adjacent to an activating group) is 1. The zero-order valence-electron chi connectivity index (χ0n) is 9.57. The molecule has 0 bridgehead atoms. The van der Waals surface area contributed by atoms with E-state index in [2.05, 4.69) is 30.3 Å². The van der Waals surface area contributed by atoms with E-state index in [0.29, 0.717) is 12.1 Å². The van der Waals surface area contributed by atoms with E-state index in [1.807, 2.05) is 6.07 Å². The lowest BCUT2D eigenvalue weighted by Gasteiger charge is -2.35. The van der Waals surface area contributed by atoms with Crippen LogP contribution in [0.2, 0.25) is 0 Å². The van der Waals surface area contributed by atoms with Crippen molar-refractivity contribution in [2.24, 2.45) is 0 Å². The van der Waals surface area contributed by atoms with E-state index < -0.39 is 0 Å². The number of hydrogen-bond acceptors (Lipinski definition) is 3. The van der Waals surface area contributed by atoms with E-state index in [1.165, 1.54) is 19.4 Å². The molecule has 0 aromatic carbocycles. The molecule has 2 heterocycles. The van der Waals surface area contributed by atoms with Gasteiger partial charge in [0.2, 0.25) is 0 Å². The number of nitrogens with one attached hydrogen (secondary N) is 1. The molecule has 1 aromatic rings. The van der Waals surface area contributed by atoms with Crippen LogP contribution in [0.1, 0.15) is 31.6 Å². The van der Waals surface area contributed by atoms with Gasteiger partial charge in [0.1, 0.15) is 5.76 Å². The van der Waals surface area contributed by atoms with E-state index in [9.17, 15) is 0 Å². The third-order valence-corrected chi connectivity index (χ3v) is 3.41. The van der Waals surface area contributed by atoms with Crippen LogP contribution in [0.3, 0.4) is 0 Å². The fourth-order valence-electron chi connectivity index (χ4n) is 2.23. The van der Waals surface area contributed by atoms with Crippen LogP contribution < -0.4 is 5.32 Å². The molecule has 0 spiro atoms. The lowest BCUT2D eigenvalue weighted by atomic mass is 10.0. The van der Waals surface area contributed by atoms with Gasteiger partial charge < -0.3 is 9.73 Å². The second-order valence-corrected chi connectivity index (χ2v) is 4.36. The van der Waals surface area contributed by atoms with Crippen LogP contribution in [0.25, 0.3) is 0 Å². The Balaban J connectivity index is 1.97. The number of nitrogens with zero attached hydrogens (tertiary/aromatic N) is 1. The van der Waals surface area contributed by atoms with Gasteiger partial charge in [0, 0.05) is 12.6 Å². The molecule has 2 atom stereocenters. The average Bonchev–Trinajstić information content (AvgIpc) is 2.82. The largest absolute Gasteiger partial charge is 0.468 e. The maximum atomic E-state index is 5.45. The minimum atomic E-state index is 0.366. The van der Waals surface area contributed by atoms with Crippen molar-refractivity contribution in [3.63, 3.8) is 0 Å². The molecule has 0 unspecified atom stereocenters. The van der Waals surface area contributed by atoms with Crippen LogP contribution in [0.4, 0.5) is 0 Å². The van der Waals surface area contributed by atoms with Gasteiger partial charge >= 0.3 is 0 Å². The van der Waals surface area contributed by atoms with Crippen molar-refractivity contribution < 1.29 is 4.42 Å². The van der Waals surface area contributed by atoms with Crippen LogP contribution in [-0.2, 0) is 0 Å². The molecule has 1 aromatic heterocycles. The van der Waals surface area contributed by atoms with E-state index in [1.54, 1.807) is 6.26 Å². The van der Waals surface area contributed by atoms with E-state index >= 15 is 0 Å². The number of furan rings is 1. The molecular weight excluding hydrogens is 188 g/mol. The number of rotatable bonds is 3. The van der Waals surface area contributed by atoms with Gasteiger partial charge in [-0.05, 0) is 45.5 Å². The molecule has 1 N–H and O–H groups in total. The Morgan fingerprint density at radius 3 is 3.07 bits per heavy atom. The summed E-state index contributed by atoms with van der Waals surface area (Å²) in [6.07, 6.45) is 4.31. The van der Waals surface area contributed by atoms with E-state index in [-0.39, 0.29) is 0 Å². The van der Waals surface area contributed by atoms with Gasteiger partial charge in [-0.15, -0.1) is 0 Å². The summed E-state index contributed by atoms with van der Waals surface area (Å²) in [6, 6.07) is 5.01. The fraction of sp³-hybridized carbons (Fsp3) is 0.667. The molecule has 0 aliphatic carbocycles. The first-order valence-electron chi connectivity index (χ1n) is 5.75. The standard InChI is InChI=1S/C12H20N2O/c1-10(12-6-4-8-15-12)14(2)11-5-3-7-13-9-11/h4,6,8,10-11,13H,3,5,7,9H2,1-2H3/t10-,11-/m0/s1. The Kier molecular flexibility index (Phi) is 3.44. The lowest BCUT2D eigenvalue weighted by Crippen LogP contribution is -2.44. The first-order valence-corrected chi connectivity index (χ1v) is 5.75. The van der Waals surface area contributed by atoms with Crippen molar-refractivity contribution in [3.05, 3.63) is 24.2 Å². The summed E-state index contributed by atoms with van der Waals surface area (Å²) < 4.78 is 5.45. The quantitative estimate of drug-likeness (QED) is 0.824. The predicted octanol–water partition coefficient (Wildman–Crippen LogP) is 2.02. The minimum absolute atomic E-state index is 0.366. The molecule has 1 aliphatic heterocycles. The van der Waals surface area contributed by atoms with Gasteiger partial charge in [0.05, 0.1) is 12.3 Å². The van der Waals surface area contributed by atoms with Crippen molar-refractivity contribution in [2.45, 2.75) is 31.8 Å². The molecule has 0 amide bonds. The first-order chi connectivity index (χ1) is 7.29. The van der Waals surface area contributed by atoms with Gasteiger partial charge in [0.15, 0.2) is 0 Å². The van der Waals surface area contributed by atoms with Crippen LogP contribution >= 0.6 is 0 Å². The maximum absolute atomic E-state index is 5.45. The predicted molar refractivity (Wildman–Crippen MR) is 60.8 cm³/mol. The summed E-state index contributed by atoms with van der Waals surface area (Å²) in [5.41, 5.74) is 0. The topological polar surface area (TPSA) is 28.4 Å². The maximum Gasteiger partial charge on any atom is 0.120 e. The number of hydrogen-bond donors (Lipinski definition) is 1. The molecule has 0 radical (unpaired) electrons. The second kappa shape index (κ2) is 4.81. The Bertz CT molecular complexity index is 278. The van der Waals surface area contributed by atoms with Crippen molar-refractivity contribution >= 4 is 0 Å². The summed E-state index contributed by atoms with van der Waals surface area (Å²) in [5.74, 6) is 1.06. The Labute approximate surface area is 91.4 Å². The highest BCUT2D eigenvalue weighted by atomic mass is 16.3. The molecule has 1 saturated heterocycles. The second-order valence-electron chi connectivity index (χ2n) is 4.36. The summed E-state index contributed by atoms with van der Waals surface area (Å²) in [7, 11) is 2.19. The van der Waals surface area contributed by atoms with Crippen LogP contribution in [0, 0.1) is 0 Å². The van der Waals surface area contributed by atoms with Crippen LogP contribution in [0.15, 0.2) is 22.8 Å². The Morgan fingerprint density at radius 1 is 1.60 bits per heavy atom. The Hall–Kier alpha value is -0.800. The van der Waals surface area contributed by atoms with Gasteiger partial charge in [0.25, 0.3) is 0 Å². The summed E-state index contributed by atoms with van der Waals surface area (Å²) in [6.45, 7) is 4.47. The molecule has 2 rings (SSSR count). The van der Waals surface area contributed by atoms with Crippen LogP contribution in [-0.4, -0.2) is 31.1 Å². The van der Waals surface area contributed by atoms with Crippen molar-refractivity contribution in [1.29, 1.82) is 0 Å². The molecule has 15 heavy (non-hydrogen) atoms. The average molecular weight is 208 g/mol. The Morgan fingerprint density at radius 2 is 2.47 bits per heavy atom. The van der Waals surface area contributed by atoms with Crippen molar-refractivity contribution in [2.75, 3.05) is 20.1 Å². The van der Waals surface area contributed by atoms with Crippen molar-refractivity contribution in [3.8, 4) is 0 Å². The minimum Gasteiger partial charge on any atom is -0.468 e. The highest BCUT2D eigenvalue weighted by Crippen LogP contribution is 2.23. The van der Waals surface area contributed by atoms with Gasteiger partial charge in [-0.2, -0.15) is 0 Å². The molecule has 1 fully saturated rings. The van der Waals surface area contributed by atoms with Gasteiger partial charge in [-0.3, -0.25) is 4.90 Å². The zero-order chi connectivity index (χ0) is 10.7. The zero-order valence-corrected chi connectivity index (χ0v) is 9.57. The highest BCUT2D eigenvalue weighted by molar-refractivity contribution is 5.04. The van der Waals surface area contributed by atoms with Crippen molar-refractivity contribution in [1.82, 2.24) is 10.2 Å². The number of piperidine rings is 1. The molecule has 84 valence electrons. The van der Waals surface area contributed by atoms with E-state index in [4.69, 9.17) is 4.42 Å². The lowest BCUT2D eigenvalue weighted by molar-refractivity contribution is 0.141. The first kappa shape index (κ1) is 10.7. The van der Waals surface area contributed by atoms with E-state index in [0.717, 1.165) is 12.3 Å². The van der Waals surface area contributed by atoms with Gasteiger partial charge in [-0.25, -0.2) is 0 Å². The monoisotopic (exact) mass is 208 g/mol. The third-order valence-electron chi connectivity index (χ3n) is 3.41. The molecule has 0 saturated carbocycles. The molecule has 1 aliphatic rings.